The Hall–Kier alpha value is -2.89. The molecule has 0 N–H and O–H groups in total. The van der Waals surface area contributed by atoms with Crippen molar-refractivity contribution < 1.29 is 14.5 Å². The van der Waals surface area contributed by atoms with Gasteiger partial charge in [-0.1, -0.05) is 51.1 Å². The molecule has 2 aromatic carbocycles. The van der Waals surface area contributed by atoms with Gasteiger partial charge in [0.2, 0.25) is 0 Å². The van der Waals surface area contributed by atoms with Crippen molar-refractivity contribution >= 4 is 11.8 Å². The molecule has 2 aromatic rings. The molecule has 6 nitrogen and oxygen atoms in total. The third-order valence-electron chi connectivity index (χ3n) is 6.05. The normalized spacial score (nSPS) is 19.2. The number of nitrogens with zero attached hydrogens (tertiary/aromatic N) is 2. The maximum Gasteiger partial charge on any atom is 0.415 e. The Morgan fingerprint density at radius 2 is 1.63 bits per heavy atom. The number of nitro benzene ring substituents is 1. The van der Waals surface area contributed by atoms with Crippen molar-refractivity contribution in [3.63, 3.8) is 0 Å². The molecule has 0 aliphatic heterocycles. The minimum atomic E-state index is -0.471. The summed E-state index contributed by atoms with van der Waals surface area (Å²) in [4.78, 5) is 25.3. The van der Waals surface area contributed by atoms with Gasteiger partial charge in [-0.05, 0) is 54.7 Å². The summed E-state index contributed by atoms with van der Waals surface area (Å²) in [7, 11) is 0. The molecule has 0 bridgehead atoms. The molecule has 0 atom stereocenters. The van der Waals surface area contributed by atoms with Crippen molar-refractivity contribution in [2.24, 2.45) is 11.3 Å². The van der Waals surface area contributed by atoms with E-state index in [9.17, 15) is 14.9 Å². The zero-order chi connectivity index (χ0) is 21.7. The lowest BCUT2D eigenvalue weighted by molar-refractivity contribution is -0.384. The average molecular weight is 411 g/mol. The molecular weight excluding hydrogens is 380 g/mol. The Labute approximate surface area is 178 Å². The number of ether oxygens (including phenoxy) is 1. The first-order chi connectivity index (χ1) is 14.2. The number of benzene rings is 2. The minimum absolute atomic E-state index is 0.0311. The second-order valence-electron chi connectivity index (χ2n) is 9.10. The van der Waals surface area contributed by atoms with Gasteiger partial charge < -0.3 is 9.64 Å². The Morgan fingerprint density at radius 1 is 1.03 bits per heavy atom. The van der Waals surface area contributed by atoms with Gasteiger partial charge in [-0.25, -0.2) is 4.79 Å². The van der Waals surface area contributed by atoms with Crippen LogP contribution in [0.2, 0.25) is 0 Å². The van der Waals surface area contributed by atoms with E-state index in [2.05, 4.69) is 20.8 Å². The van der Waals surface area contributed by atoms with Crippen LogP contribution < -0.4 is 4.74 Å². The zero-order valence-electron chi connectivity index (χ0n) is 17.9. The molecule has 0 heterocycles. The Balaban J connectivity index is 1.73. The molecule has 6 heteroatoms. The highest BCUT2D eigenvalue weighted by Crippen LogP contribution is 2.39. The lowest BCUT2D eigenvalue weighted by atomic mass is 9.71. The summed E-state index contributed by atoms with van der Waals surface area (Å²) in [6.45, 7) is 7.32. The van der Waals surface area contributed by atoms with Gasteiger partial charge in [-0.3, -0.25) is 10.1 Å². The van der Waals surface area contributed by atoms with E-state index in [1.54, 1.807) is 0 Å². The van der Waals surface area contributed by atoms with Crippen LogP contribution in [-0.2, 0) is 6.54 Å². The SMILES string of the molecule is CC(C)(C)C1CCC(N(Cc2ccccc2)C(=O)Oc2ccc([N+](=O)[O-])cc2)CC1. The Kier molecular flexibility index (Phi) is 6.75. The lowest BCUT2D eigenvalue weighted by Gasteiger charge is -2.40. The van der Waals surface area contributed by atoms with Crippen LogP contribution in [0.5, 0.6) is 5.75 Å². The fraction of sp³-hybridized carbons (Fsp3) is 0.458. The summed E-state index contributed by atoms with van der Waals surface area (Å²) >= 11 is 0. The lowest BCUT2D eigenvalue weighted by Crippen LogP contribution is -2.44. The number of rotatable bonds is 5. The summed E-state index contributed by atoms with van der Waals surface area (Å²) < 4.78 is 5.60. The largest absolute Gasteiger partial charge is 0.415 e. The molecule has 0 spiro atoms. The predicted molar refractivity (Wildman–Crippen MR) is 116 cm³/mol. The quantitative estimate of drug-likeness (QED) is 0.434. The minimum Gasteiger partial charge on any atom is -0.410 e. The highest BCUT2D eigenvalue weighted by Gasteiger charge is 2.34. The van der Waals surface area contributed by atoms with Crippen LogP contribution in [0.25, 0.3) is 0 Å². The molecule has 1 aliphatic rings. The smallest absolute Gasteiger partial charge is 0.410 e. The summed E-state index contributed by atoms with van der Waals surface area (Å²) in [5.41, 5.74) is 1.29. The van der Waals surface area contributed by atoms with Gasteiger partial charge in [0.25, 0.3) is 5.69 Å². The second kappa shape index (κ2) is 9.28. The summed E-state index contributed by atoms with van der Waals surface area (Å²) in [5, 5.41) is 10.8. The summed E-state index contributed by atoms with van der Waals surface area (Å²) in [5.74, 6) is 0.963. The molecule has 1 saturated carbocycles. The van der Waals surface area contributed by atoms with E-state index in [0.717, 1.165) is 31.2 Å². The van der Waals surface area contributed by atoms with Crippen molar-refractivity contribution in [3.8, 4) is 5.75 Å². The summed E-state index contributed by atoms with van der Waals surface area (Å²) in [6.07, 6.45) is 3.66. The Bertz CT molecular complexity index is 851. The third-order valence-corrected chi connectivity index (χ3v) is 6.05. The standard InChI is InChI=1S/C24H30N2O4/c1-24(2,3)19-9-11-20(12-10-19)25(17-18-7-5-4-6-8-18)23(27)30-22-15-13-21(14-16-22)26(28)29/h4-8,13-16,19-20H,9-12,17H2,1-3H3. The van der Waals surface area contributed by atoms with E-state index in [1.807, 2.05) is 35.2 Å². The molecule has 3 rings (SSSR count). The fourth-order valence-corrected chi connectivity index (χ4v) is 4.17. The van der Waals surface area contributed by atoms with Crippen LogP contribution >= 0.6 is 0 Å². The molecular formula is C24H30N2O4. The highest BCUT2D eigenvalue weighted by atomic mass is 16.6. The number of hydrogen-bond donors (Lipinski definition) is 0. The van der Waals surface area contributed by atoms with E-state index in [4.69, 9.17) is 4.74 Å². The van der Waals surface area contributed by atoms with Crippen molar-refractivity contribution in [1.82, 2.24) is 4.90 Å². The number of hydrogen-bond acceptors (Lipinski definition) is 4. The summed E-state index contributed by atoms with van der Waals surface area (Å²) in [6, 6.07) is 15.6. The molecule has 1 amide bonds. The van der Waals surface area contributed by atoms with Crippen molar-refractivity contribution in [2.45, 2.75) is 59.0 Å². The third kappa shape index (κ3) is 5.59. The molecule has 160 valence electrons. The van der Waals surface area contributed by atoms with Crippen LogP contribution in [0.1, 0.15) is 52.0 Å². The number of amides is 1. The fourth-order valence-electron chi connectivity index (χ4n) is 4.17. The van der Waals surface area contributed by atoms with E-state index in [0.29, 0.717) is 18.2 Å². The van der Waals surface area contributed by atoms with Crippen LogP contribution in [0.15, 0.2) is 54.6 Å². The molecule has 0 saturated heterocycles. The maximum absolute atomic E-state index is 13.1. The monoisotopic (exact) mass is 410 g/mol. The van der Waals surface area contributed by atoms with Gasteiger partial charge >= 0.3 is 6.09 Å². The Morgan fingerprint density at radius 3 is 2.17 bits per heavy atom. The van der Waals surface area contributed by atoms with Gasteiger partial charge in [0.05, 0.1) is 4.92 Å². The molecule has 0 unspecified atom stereocenters. The molecule has 0 aromatic heterocycles. The van der Waals surface area contributed by atoms with Gasteiger partial charge in [0.15, 0.2) is 0 Å². The van der Waals surface area contributed by atoms with Gasteiger partial charge in [-0.15, -0.1) is 0 Å². The first kappa shape index (κ1) is 21.8. The molecule has 1 fully saturated rings. The molecule has 30 heavy (non-hydrogen) atoms. The van der Waals surface area contributed by atoms with E-state index in [1.165, 1.54) is 24.3 Å². The first-order valence-corrected chi connectivity index (χ1v) is 10.5. The second-order valence-corrected chi connectivity index (χ2v) is 9.10. The highest BCUT2D eigenvalue weighted by molar-refractivity contribution is 5.71. The number of non-ortho nitro benzene ring substituents is 1. The maximum atomic E-state index is 13.1. The van der Waals surface area contributed by atoms with Crippen molar-refractivity contribution in [1.29, 1.82) is 0 Å². The van der Waals surface area contributed by atoms with Crippen molar-refractivity contribution in [3.05, 3.63) is 70.3 Å². The van der Waals surface area contributed by atoms with E-state index < -0.39 is 11.0 Å². The predicted octanol–water partition coefficient (Wildman–Crippen LogP) is 6.20. The zero-order valence-corrected chi connectivity index (χ0v) is 17.9. The number of nitro groups is 1. The van der Waals surface area contributed by atoms with Gasteiger partial charge in [-0.2, -0.15) is 0 Å². The average Bonchev–Trinajstić information content (AvgIpc) is 2.72. The molecule has 0 radical (unpaired) electrons. The number of carbonyl (C=O) groups excluding carboxylic acids is 1. The van der Waals surface area contributed by atoms with E-state index in [-0.39, 0.29) is 17.1 Å². The van der Waals surface area contributed by atoms with Crippen LogP contribution in [-0.4, -0.2) is 22.0 Å². The van der Waals surface area contributed by atoms with Gasteiger partial charge in [0.1, 0.15) is 5.75 Å². The van der Waals surface area contributed by atoms with Crippen LogP contribution in [0, 0.1) is 21.4 Å². The van der Waals surface area contributed by atoms with Crippen LogP contribution in [0.3, 0.4) is 0 Å². The first-order valence-electron chi connectivity index (χ1n) is 10.5. The van der Waals surface area contributed by atoms with Crippen LogP contribution in [0.4, 0.5) is 10.5 Å². The number of carbonyl (C=O) groups is 1. The topological polar surface area (TPSA) is 72.7 Å². The van der Waals surface area contributed by atoms with Crippen molar-refractivity contribution in [2.75, 3.05) is 0 Å². The molecule has 1 aliphatic carbocycles. The van der Waals surface area contributed by atoms with E-state index >= 15 is 0 Å². The van der Waals surface area contributed by atoms with Gasteiger partial charge in [0, 0.05) is 24.7 Å².